The molecule has 1 aromatic carbocycles. The van der Waals surface area contributed by atoms with Gasteiger partial charge in [-0.2, -0.15) is 0 Å². The fraction of sp³-hybridized carbons (Fsp3) is 0.647. The molecule has 0 bridgehead atoms. The van der Waals surface area contributed by atoms with Crippen LogP contribution in [0.15, 0.2) is 30.3 Å². The summed E-state index contributed by atoms with van der Waals surface area (Å²) >= 11 is 0. The second-order valence-corrected chi connectivity index (χ2v) is 5.96. The van der Waals surface area contributed by atoms with Gasteiger partial charge in [0.05, 0.1) is 0 Å². The Bertz CT molecular complexity index is 350. The first kappa shape index (κ1) is 14.5. The van der Waals surface area contributed by atoms with Crippen LogP contribution >= 0.6 is 0 Å². The van der Waals surface area contributed by atoms with Crippen LogP contribution in [-0.2, 0) is 6.42 Å². The fourth-order valence-corrected chi connectivity index (χ4v) is 2.87. The Hall–Kier alpha value is -0.860. The normalized spacial score (nSPS) is 22.3. The first-order chi connectivity index (χ1) is 9.25. The van der Waals surface area contributed by atoms with E-state index in [1.807, 2.05) is 0 Å². The molecule has 2 heteroatoms. The predicted molar refractivity (Wildman–Crippen MR) is 82.5 cm³/mol. The van der Waals surface area contributed by atoms with Crippen molar-refractivity contribution in [2.75, 3.05) is 20.1 Å². The van der Waals surface area contributed by atoms with E-state index in [2.05, 4.69) is 54.5 Å². The Morgan fingerprint density at radius 3 is 2.79 bits per heavy atom. The number of likely N-dealkylation sites (N-methyl/N-ethyl adjacent to an activating group) is 1. The Kier molecular flexibility index (Phi) is 5.87. The highest BCUT2D eigenvalue weighted by Gasteiger charge is 2.18. The number of hydrogen-bond donors (Lipinski definition) is 1. The van der Waals surface area contributed by atoms with Gasteiger partial charge in [0.25, 0.3) is 0 Å². The van der Waals surface area contributed by atoms with E-state index < -0.39 is 0 Å². The van der Waals surface area contributed by atoms with Gasteiger partial charge in [-0.15, -0.1) is 0 Å². The van der Waals surface area contributed by atoms with Crippen LogP contribution in [0, 0.1) is 0 Å². The molecule has 1 heterocycles. The molecule has 2 unspecified atom stereocenters. The molecule has 0 spiro atoms. The van der Waals surface area contributed by atoms with Gasteiger partial charge in [-0.05, 0) is 51.8 Å². The monoisotopic (exact) mass is 260 g/mol. The van der Waals surface area contributed by atoms with Gasteiger partial charge in [0.1, 0.15) is 0 Å². The van der Waals surface area contributed by atoms with E-state index in [0.717, 1.165) is 12.6 Å². The van der Waals surface area contributed by atoms with Crippen LogP contribution in [0.2, 0.25) is 0 Å². The van der Waals surface area contributed by atoms with Crippen molar-refractivity contribution in [3.05, 3.63) is 35.9 Å². The Balaban J connectivity index is 1.65. The largest absolute Gasteiger partial charge is 0.313 e. The van der Waals surface area contributed by atoms with E-state index in [1.54, 1.807) is 0 Å². The Labute approximate surface area is 118 Å². The fourth-order valence-electron chi connectivity index (χ4n) is 2.87. The second kappa shape index (κ2) is 7.66. The minimum Gasteiger partial charge on any atom is -0.313 e. The summed E-state index contributed by atoms with van der Waals surface area (Å²) in [6.45, 7) is 4.73. The summed E-state index contributed by atoms with van der Waals surface area (Å²) in [4.78, 5) is 2.51. The summed E-state index contributed by atoms with van der Waals surface area (Å²) in [5.74, 6) is 0. The third kappa shape index (κ3) is 4.96. The second-order valence-electron chi connectivity index (χ2n) is 5.96. The Morgan fingerprint density at radius 2 is 2.05 bits per heavy atom. The van der Waals surface area contributed by atoms with Crippen LogP contribution in [0.1, 0.15) is 38.2 Å². The Morgan fingerprint density at radius 1 is 1.26 bits per heavy atom. The van der Waals surface area contributed by atoms with Crippen molar-refractivity contribution >= 4 is 0 Å². The maximum absolute atomic E-state index is 3.71. The van der Waals surface area contributed by atoms with Crippen molar-refractivity contribution in [1.82, 2.24) is 10.2 Å². The molecule has 2 nitrogen and oxygen atoms in total. The zero-order chi connectivity index (χ0) is 13.5. The number of piperidine rings is 1. The molecular weight excluding hydrogens is 232 g/mol. The zero-order valence-corrected chi connectivity index (χ0v) is 12.4. The van der Waals surface area contributed by atoms with E-state index in [1.165, 1.54) is 44.2 Å². The lowest BCUT2D eigenvalue weighted by Gasteiger charge is -2.33. The lowest BCUT2D eigenvalue weighted by Crippen LogP contribution is -2.45. The molecule has 0 saturated carbocycles. The maximum Gasteiger partial charge on any atom is 0.0217 e. The molecule has 19 heavy (non-hydrogen) atoms. The summed E-state index contributed by atoms with van der Waals surface area (Å²) in [6.07, 6.45) is 6.52. The molecule has 0 radical (unpaired) electrons. The molecule has 0 amide bonds. The molecule has 2 atom stereocenters. The van der Waals surface area contributed by atoms with Crippen molar-refractivity contribution in [1.29, 1.82) is 0 Å². The van der Waals surface area contributed by atoms with Gasteiger partial charge in [-0.3, -0.25) is 0 Å². The molecule has 0 aromatic heterocycles. The quantitative estimate of drug-likeness (QED) is 0.845. The van der Waals surface area contributed by atoms with Crippen molar-refractivity contribution < 1.29 is 0 Å². The molecular formula is C17H28N2. The molecule has 1 fully saturated rings. The summed E-state index contributed by atoms with van der Waals surface area (Å²) in [6, 6.07) is 12.1. The van der Waals surface area contributed by atoms with Crippen LogP contribution in [0.4, 0.5) is 0 Å². The highest BCUT2D eigenvalue weighted by molar-refractivity contribution is 5.14. The lowest BCUT2D eigenvalue weighted by atomic mass is 10.0. The van der Waals surface area contributed by atoms with Gasteiger partial charge >= 0.3 is 0 Å². The van der Waals surface area contributed by atoms with Gasteiger partial charge < -0.3 is 10.2 Å². The average molecular weight is 260 g/mol. The van der Waals surface area contributed by atoms with Crippen molar-refractivity contribution in [2.45, 2.75) is 51.1 Å². The minimum absolute atomic E-state index is 0.607. The highest BCUT2D eigenvalue weighted by atomic mass is 15.2. The lowest BCUT2D eigenvalue weighted by molar-refractivity contribution is 0.178. The number of aryl methyl sites for hydroxylation is 1. The maximum atomic E-state index is 3.71. The summed E-state index contributed by atoms with van der Waals surface area (Å²) < 4.78 is 0. The molecule has 2 rings (SSSR count). The first-order valence-electron chi connectivity index (χ1n) is 7.73. The van der Waals surface area contributed by atoms with Crippen LogP contribution in [0.25, 0.3) is 0 Å². The third-order valence-electron chi connectivity index (χ3n) is 4.33. The topological polar surface area (TPSA) is 15.3 Å². The van der Waals surface area contributed by atoms with Gasteiger partial charge in [-0.25, -0.2) is 0 Å². The van der Waals surface area contributed by atoms with Crippen molar-refractivity contribution in [3.8, 4) is 0 Å². The zero-order valence-electron chi connectivity index (χ0n) is 12.4. The molecule has 1 N–H and O–H groups in total. The molecule has 106 valence electrons. The predicted octanol–water partition coefficient (Wildman–Crippen LogP) is 3.08. The molecule has 1 aliphatic rings. The van der Waals surface area contributed by atoms with Crippen molar-refractivity contribution in [2.24, 2.45) is 0 Å². The molecule has 1 saturated heterocycles. The van der Waals surface area contributed by atoms with Gasteiger partial charge in [0.15, 0.2) is 0 Å². The number of benzene rings is 1. The van der Waals surface area contributed by atoms with Gasteiger partial charge in [0.2, 0.25) is 0 Å². The number of likely N-dealkylation sites (tertiary alicyclic amines) is 1. The number of rotatable bonds is 6. The van der Waals surface area contributed by atoms with Gasteiger partial charge in [-0.1, -0.05) is 36.8 Å². The number of nitrogens with zero attached hydrogens (tertiary/aromatic N) is 1. The average Bonchev–Trinajstić information content (AvgIpc) is 2.45. The molecule has 1 aliphatic heterocycles. The minimum atomic E-state index is 0.607. The summed E-state index contributed by atoms with van der Waals surface area (Å²) in [5, 5.41) is 3.71. The smallest absolute Gasteiger partial charge is 0.0217 e. The van der Waals surface area contributed by atoms with Crippen LogP contribution < -0.4 is 5.32 Å². The van der Waals surface area contributed by atoms with E-state index >= 15 is 0 Å². The van der Waals surface area contributed by atoms with Crippen LogP contribution in [0.3, 0.4) is 0 Å². The third-order valence-corrected chi connectivity index (χ3v) is 4.33. The van der Waals surface area contributed by atoms with Crippen LogP contribution in [0.5, 0.6) is 0 Å². The van der Waals surface area contributed by atoms with E-state index in [-0.39, 0.29) is 0 Å². The van der Waals surface area contributed by atoms with E-state index in [0.29, 0.717) is 6.04 Å². The number of hydrogen-bond acceptors (Lipinski definition) is 2. The highest BCUT2D eigenvalue weighted by Crippen LogP contribution is 2.14. The SMILES string of the molecule is CC(CCc1ccccc1)NCC1CCCCN1C. The van der Waals surface area contributed by atoms with E-state index in [9.17, 15) is 0 Å². The van der Waals surface area contributed by atoms with Crippen LogP contribution in [-0.4, -0.2) is 37.1 Å². The van der Waals surface area contributed by atoms with E-state index in [4.69, 9.17) is 0 Å². The summed E-state index contributed by atoms with van der Waals surface area (Å²) in [5.41, 5.74) is 1.45. The molecule has 0 aliphatic carbocycles. The number of nitrogens with one attached hydrogen (secondary N) is 1. The standard InChI is InChI=1S/C17H28N2/c1-15(11-12-16-8-4-3-5-9-16)18-14-17-10-6-7-13-19(17)2/h3-5,8-9,15,17-18H,6-7,10-14H2,1-2H3. The first-order valence-corrected chi connectivity index (χ1v) is 7.73. The summed E-state index contributed by atoms with van der Waals surface area (Å²) in [7, 11) is 2.26. The van der Waals surface area contributed by atoms with Gasteiger partial charge in [0, 0.05) is 18.6 Å². The molecule has 1 aromatic rings. The van der Waals surface area contributed by atoms with Crippen molar-refractivity contribution in [3.63, 3.8) is 0 Å².